The number of hydrogen-bond acceptors (Lipinski definition) is 6. The number of benzene rings is 1. The molecule has 3 aromatic heterocycles. The minimum absolute atomic E-state index is 0.176. The minimum atomic E-state index is -0.683. The number of fused-ring (bicyclic) bond motifs is 1. The summed E-state index contributed by atoms with van der Waals surface area (Å²) >= 11 is 0. The van der Waals surface area contributed by atoms with Crippen molar-refractivity contribution < 1.29 is 9.21 Å². The van der Waals surface area contributed by atoms with E-state index in [0.717, 1.165) is 16.6 Å². The molecule has 34 heavy (non-hydrogen) atoms. The van der Waals surface area contributed by atoms with Crippen LogP contribution in [0.1, 0.15) is 47.9 Å². The number of pyridine rings is 2. The summed E-state index contributed by atoms with van der Waals surface area (Å²) < 4.78 is 5.42. The van der Waals surface area contributed by atoms with Crippen LogP contribution in [0.15, 0.2) is 88.3 Å². The molecule has 4 rings (SSSR count). The Kier molecular flexibility index (Phi) is 7.13. The molecule has 4 aromatic rings. The molecule has 0 aliphatic rings. The number of nitrogens with zero attached hydrogens (tertiary/aromatic N) is 2. The van der Waals surface area contributed by atoms with Gasteiger partial charge in [0.15, 0.2) is 0 Å². The number of aromatic nitrogens is 2. The van der Waals surface area contributed by atoms with E-state index < -0.39 is 11.2 Å². The number of carbonyl (C=O) groups is 1. The third-order valence-corrected chi connectivity index (χ3v) is 5.90. The lowest BCUT2D eigenvalue weighted by Gasteiger charge is -2.36. The molecule has 0 aliphatic heterocycles. The summed E-state index contributed by atoms with van der Waals surface area (Å²) in [6, 6.07) is 20.1. The van der Waals surface area contributed by atoms with Crippen LogP contribution in [0, 0.1) is 0 Å². The van der Waals surface area contributed by atoms with Crippen molar-refractivity contribution in [2.75, 3.05) is 6.54 Å². The number of hydrogen-bond donors (Lipinski definition) is 2. The molecule has 0 saturated heterocycles. The molecule has 0 fully saturated rings. The fourth-order valence-corrected chi connectivity index (χ4v) is 4.24. The molecule has 1 amide bonds. The normalized spacial score (nSPS) is 12.4. The lowest BCUT2D eigenvalue weighted by atomic mass is 9.78. The zero-order chi connectivity index (χ0) is 24.0. The van der Waals surface area contributed by atoms with Crippen molar-refractivity contribution in [2.24, 2.45) is 0 Å². The van der Waals surface area contributed by atoms with Gasteiger partial charge in [0.25, 0.3) is 5.91 Å². The van der Waals surface area contributed by atoms with Crippen LogP contribution in [-0.2, 0) is 6.54 Å². The van der Waals surface area contributed by atoms with Crippen LogP contribution < -0.4 is 16.3 Å². The fraction of sp³-hybridized carbons (Fsp3) is 0.259. The van der Waals surface area contributed by atoms with Crippen LogP contribution in [0.2, 0.25) is 0 Å². The van der Waals surface area contributed by atoms with Gasteiger partial charge in [0.05, 0.1) is 5.69 Å². The Bertz CT molecular complexity index is 1300. The van der Waals surface area contributed by atoms with Crippen LogP contribution in [-0.4, -0.2) is 28.0 Å². The van der Waals surface area contributed by atoms with Gasteiger partial charge in [-0.15, -0.1) is 0 Å². The average Bonchev–Trinajstić information content (AvgIpc) is 2.84. The summed E-state index contributed by atoms with van der Waals surface area (Å²) in [5.41, 5.74) is 1.58. The number of nitrogens with one attached hydrogen (secondary N) is 2. The van der Waals surface area contributed by atoms with E-state index in [-0.39, 0.29) is 11.8 Å². The van der Waals surface area contributed by atoms with Gasteiger partial charge in [-0.05, 0) is 62.7 Å². The van der Waals surface area contributed by atoms with Crippen LogP contribution in [0.25, 0.3) is 11.0 Å². The fourth-order valence-electron chi connectivity index (χ4n) is 4.24. The van der Waals surface area contributed by atoms with Gasteiger partial charge in [-0.3, -0.25) is 14.8 Å². The lowest BCUT2D eigenvalue weighted by molar-refractivity contribution is 0.0893. The molecule has 1 unspecified atom stereocenters. The SMILES string of the molecule is CC(C)(NC(=O)c1ccccn1)C(CCNCc1ccccn1)c1cc(=O)oc2ccccc12. The number of para-hydroxylation sites is 1. The number of rotatable bonds is 9. The van der Waals surface area contributed by atoms with Crippen molar-refractivity contribution in [3.8, 4) is 0 Å². The third kappa shape index (κ3) is 5.55. The first kappa shape index (κ1) is 23.3. The van der Waals surface area contributed by atoms with E-state index in [0.29, 0.717) is 30.8 Å². The highest BCUT2D eigenvalue weighted by atomic mass is 16.4. The monoisotopic (exact) mass is 456 g/mol. The summed E-state index contributed by atoms with van der Waals surface area (Å²) in [7, 11) is 0. The van der Waals surface area contributed by atoms with E-state index in [2.05, 4.69) is 20.6 Å². The molecule has 7 nitrogen and oxygen atoms in total. The van der Waals surface area contributed by atoms with Crippen molar-refractivity contribution in [1.82, 2.24) is 20.6 Å². The molecule has 0 saturated carbocycles. The van der Waals surface area contributed by atoms with Gasteiger partial charge in [0, 0.05) is 41.8 Å². The Morgan fingerprint density at radius 2 is 1.74 bits per heavy atom. The van der Waals surface area contributed by atoms with E-state index in [9.17, 15) is 9.59 Å². The molecule has 7 heteroatoms. The maximum Gasteiger partial charge on any atom is 0.336 e. The molecule has 1 aromatic carbocycles. The molecular formula is C27H28N4O3. The molecule has 2 N–H and O–H groups in total. The smallest absolute Gasteiger partial charge is 0.336 e. The zero-order valence-corrected chi connectivity index (χ0v) is 19.3. The standard InChI is InChI=1S/C27H28N4O3/c1-27(2,31-26(33)23-11-6-8-15-30-23)22(13-16-28-18-19-9-5-7-14-29-19)21-17-25(32)34-24-12-4-3-10-20(21)24/h3-12,14-15,17,22,28H,13,16,18H2,1-2H3,(H,31,33). The highest BCUT2D eigenvalue weighted by molar-refractivity contribution is 5.92. The molecule has 0 bridgehead atoms. The highest BCUT2D eigenvalue weighted by Gasteiger charge is 2.34. The van der Waals surface area contributed by atoms with E-state index in [1.54, 1.807) is 42.7 Å². The molecule has 3 heterocycles. The minimum Gasteiger partial charge on any atom is -0.423 e. The predicted molar refractivity (Wildman–Crippen MR) is 132 cm³/mol. The quantitative estimate of drug-likeness (QED) is 0.291. The largest absolute Gasteiger partial charge is 0.423 e. The average molecular weight is 457 g/mol. The maximum absolute atomic E-state index is 13.0. The first-order valence-corrected chi connectivity index (χ1v) is 11.3. The van der Waals surface area contributed by atoms with Crippen molar-refractivity contribution in [2.45, 2.75) is 38.3 Å². The van der Waals surface area contributed by atoms with Gasteiger partial charge in [0.2, 0.25) is 0 Å². The second-order valence-corrected chi connectivity index (χ2v) is 8.75. The summed E-state index contributed by atoms with van der Waals surface area (Å²) in [6.07, 6.45) is 4.04. The topological polar surface area (TPSA) is 97.1 Å². The van der Waals surface area contributed by atoms with Gasteiger partial charge in [-0.2, -0.15) is 0 Å². The number of amides is 1. The Balaban J connectivity index is 1.62. The Morgan fingerprint density at radius 1 is 1.00 bits per heavy atom. The molecule has 0 spiro atoms. The van der Waals surface area contributed by atoms with E-state index in [1.165, 1.54) is 0 Å². The van der Waals surface area contributed by atoms with Crippen molar-refractivity contribution in [3.05, 3.63) is 106 Å². The summed E-state index contributed by atoms with van der Waals surface area (Å²) in [4.78, 5) is 33.9. The Labute approximate surface area is 198 Å². The van der Waals surface area contributed by atoms with Crippen molar-refractivity contribution in [3.63, 3.8) is 0 Å². The zero-order valence-electron chi connectivity index (χ0n) is 19.3. The molecule has 0 aliphatic carbocycles. The second-order valence-electron chi connectivity index (χ2n) is 8.75. The molecule has 174 valence electrons. The summed E-state index contributed by atoms with van der Waals surface area (Å²) in [5, 5.41) is 7.43. The van der Waals surface area contributed by atoms with Gasteiger partial charge in [-0.1, -0.05) is 30.3 Å². The van der Waals surface area contributed by atoms with Crippen molar-refractivity contribution >= 4 is 16.9 Å². The summed E-state index contributed by atoms with van der Waals surface area (Å²) in [6.45, 7) is 5.24. The van der Waals surface area contributed by atoms with Gasteiger partial charge in [0.1, 0.15) is 11.3 Å². The second kappa shape index (κ2) is 10.4. The maximum atomic E-state index is 13.0. The van der Waals surface area contributed by atoms with E-state index in [4.69, 9.17) is 4.42 Å². The van der Waals surface area contributed by atoms with Gasteiger partial charge < -0.3 is 15.1 Å². The first-order valence-electron chi connectivity index (χ1n) is 11.3. The van der Waals surface area contributed by atoms with Crippen LogP contribution >= 0.6 is 0 Å². The molecule has 0 radical (unpaired) electrons. The summed E-state index contributed by atoms with van der Waals surface area (Å²) in [5.74, 6) is -0.435. The van der Waals surface area contributed by atoms with Gasteiger partial charge >= 0.3 is 5.63 Å². The van der Waals surface area contributed by atoms with E-state index >= 15 is 0 Å². The van der Waals surface area contributed by atoms with Crippen LogP contribution in [0.4, 0.5) is 0 Å². The van der Waals surface area contributed by atoms with Crippen LogP contribution in [0.3, 0.4) is 0 Å². The van der Waals surface area contributed by atoms with Gasteiger partial charge in [-0.25, -0.2) is 4.79 Å². The first-order chi connectivity index (χ1) is 16.4. The highest BCUT2D eigenvalue weighted by Crippen LogP contribution is 2.35. The Hall–Kier alpha value is -3.84. The van der Waals surface area contributed by atoms with E-state index in [1.807, 2.05) is 50.2 Å². The van der Waals surface area contributed by atoms with Crippen molar-refractivity contribution in [1.29, 1.82) is 0 Å². The third-order valence-electron chi connectivity index (χ3n) is 5.90. The number of carbonyl (C=O) groups excluding carboxylic acids is 1. The van der Waals surface area contributed by atoms with Crippen LogP contribution in [0.5, 0.6) is 0 Å². The lowest BCUT2D eigenvalue weighted by Crippen LogP contribution is -2.49. The molecular weight excluding hydrogens is 428 g/mol. The molecule has 1 atom stereocenters. The Morgan fingerprint density at radius 3 is 2.47 bits per heavy atom. The predicted octanol–water partition coefficient (Wildman–Crippen LogP) is 4.06.